The van der Waals surface area contributed by atoms with Crippen molar-refractivity contribution in [3.05, 3.63) is 44.3 Å². The predicted octanol–water partition coefficient (Wildman–Crippen LogP) is 2.17. The van der Waals surface area contributed by atoms with Gasteiger partial charge in [0, 0.05) is 11.1 Å². The molecule has 6 heteroatoms. The smallest absolute Gasteiger partial charge is 0.341 e. The van der Waals surface area contributed by atoms with Crippen LogP contribution in [0.5, 0.6) is 0 Å². The number of carboxylic acid groups (broad SMARTS) is 1. The van der Waals surface area contributed by atoms with Crippen molar-refractivity contribution < 1.29 is 9.90 Å². The molecule has 0 spiro atoms. The molecule has 19 heavy (non-hydrogen) atoms. The van der Waals surface area contributed by atoms with Crippen LogP contribution in [0.3, 0.4) is 0 Å². The maximum Gasteiger partial charge on any atom is 0.341 e. The molecule has 0 aliphatic rings. The third kappa shape index (κ3) is 2.31. The third-order valence-electron chi connectivity index (χ3n) is 2.94. The lowest BCUT2D eigenvalue weighted by atomic mass is 10.1. The van der Waals surface area contributed by atoms with Crippen LogP contribution in [0.1, 0.15) is 33.4 Å². The first-order chi connectivity index (χ1) is 8.95. The largest absolute Gasteiger partial charge is 0.477 e. The topological polar surface area (TPSA) is 72.2 Å². The van der Waals surface area contributed by atoms with Crippen molar-refractivity contribution >= 4 is 17.3 Å². The van der Waals surface area contributed by atoms with E-state index >= 15 is 0 Å². The summed E-state index contributed by atoms with van der Waals surface area (Å²) in [6.45, 7) is 5.55. The molecule has 0 aromatic carbocycles. The van der Waals surface area contributed by atoms with Gasteiger partial charge in [0.2, 0.25) is 0 Å². The molecule has 0 fully saturated rings. The molecule has 0 radical (unpaired) electrons. The molecule has 0 amide bonds. The van der Waals surface area contributed by atoms with Crippen molar-refractivity contribution in [2.24, 2.45) is 0 Å². The van der Waals surface area contributed by atoms with Gasteiger partial charge in [-0.25, -0.2) is 9.78 Å². The molecule has 100 valence electrons. The van der Waals surface area contributed by atoms with Crippen molar-refractivity contribution in [1.82, 2.24) is 9.55 Å². The number of carbonyl (C=O) groups is 1. The highest BCUT2D eigenvalue weighted by molar-refractivity contribution is 7.14. The molecule has 0 aliphatic carbocycles. The maximum absolute atomic E-state index is 12.2. The van der Waals surface area contributed by atoms with E-state index in [4.69, 9.17) is 5.11 Å². The van der Waals surface area contributed by atoms with Crippen LogP contribution >= 0.6 is 11.3 Å². The highest BCUT2D eigenvalue weighted by Gasteiger charge is 2.17. The van der Waals surface area contributed by atoms with E-state index in [9.17, 15) is 9.59 Å². The van der Waals surface area contributed by atoms with E-state index in [1.807, 2.05) is 13.8 Å². The number of rotatable bonds is 3. The molecule has 0 saturated carbocycles. The Morgan fingerprint density at radius 2 is 2.16 bits per heavy atom. The second-order valence-corrected chi connectivity index (χ2v) is 5.39. The number of thiazole rings is 1. The SMILES string of the molecule is CCc1nc(-n2ccc(C)c(C(=O)O)c2=O)sc1C. The van der Waals surface area contributed by atoms with Gasteiger partial charge in [-0.1, -0.05) is 6.92 Å². The number of carboxylic acids is 1. The number of aromatic carboxylic acids is 1. The molecule has 2 aromatic rings. The number of nitrogens with zero attached hydrogens (tertiary/aromatic N) is 2. The van der Waals surface area contributed by atoms with Gasteiger partial charge in [-0.3, -0.25) is 9.36 Å². The summed E-state index contributed by atoms with van der Waals surface area (Å²) in [5.41, 5.74) is 0.652. The van der Waals surface area contributed by atoms with Crippen LogP contribution in [0.25, 0.3) is 5.13 Å². The molecular formula is C13H14N2O3S. The quantitative estimate of drug-likeness (QED) is 0.934. The van der Waals surface area contributed by atoms with E-state index in [0.717, 1.165) is 17.0 Å². The van der Waals surface area contributed by atoms with E-state index in [-0.39, 0.29) is 5.56 Å². The first kappa shape index (κ1) is 13.5. The summed E-state index contributed by atoms with van der Waals surface area (Å²) in [5.74, 6) is -1.21. The Morgan fingerprint density at radius 3 is 2.68 bits per heavy atom. The summed E-state index contributed by atoms with van der Waals surface area (Å²) in [7, 11) is 0. The van der Waals surface area contributed by atoms with Gasteiger partial charge in [-0.2, -0.15) is 0 Å². The van der Waals surface area contributed by atoms with Crippen LogP contribution in [0.2, 0.25) is 0 Å². The number of hydrogen-bond acceptors (Lipinski definition) is 4. The fraction of sp³-hybridized carbons (Fsp3) is 0.308. The molecule has 0 atom stereocenters. The van der Waals surface area contributed by atoms with E-state index < -0.39 is 11.5 Å². The van der Waals surface area contributed by atoms with Crippen LogP contribution in [0.15, 0.2) is 17.1 Å². The summed E-state index contributed by atoms with van der Waals surface area (Å²) < 4.78 is 1.30. The normalized spacial score (nSPS) is 10.7. The zero-order chi connectivity index (χ0) is 14.2. The van der Waals surface area contributed by atoms with Gasteiger partial charge in [0.25, 0.3) is 5.56 Å². The number of hydrogen-bond donors (Lipinski definition) is 1. The van der Waals surface area contributed by atoms with Gasteiger partial charge in [-0.05, 0) is 31.9 Å². The fourth-order valence-electron chi connectivity index (χ4n) is 1.88. The minimum absolute atomic E-state index is 0.201. The molecule has 5 nitrogen and oxygen atoms in total. The Hall–Kier alpha value is -1.95. The number of aromatic nitrogens is 2. The summed E-state index contributed by atoms with van der Waals surface area (Å²) in [6.07, 6.45) is 2.36. The van der Waals surface area contributed by atoms with Crippen LogP contribution in [0, 0.1) is 13.8 Å². The van der Waals surface area contributed by atoms with E-state index in [1.54, 1.807) is 19.2 Å². The van der Waals surface area contributed by atoms with E-state index in [0.29, 0.717) is 10.7 Å². The Bertz CT molecular complexity index is 700. The van der Waals surface area contributed by atoms with Crippen molar-refractivity contribution in [1.29, 1.82) is 0 Å². The van der Waals surface area contributed by atoms with Gasteiger partial charge < -0.3 is 5.11 Å². The first-order valence-electron chi connectivity index (χ1n) is 5.88. The van der Waals surface area contributed by atoms with Gasteiger partial charge in [0.1, 0.15) is 5.56 Å². The van der Waals surface area contributed by atoms with Gasteiger partial charge in [0.15, 0.2) is 5.13 Å². The molecule has 2 rings (SSSR count). The Balaban J connectivity index is 2.66. The highest BCUT2D eigenvalue weighted by atomic mass is 32.1. The lowest BCUT2D eigenvalue weighted by Crippen LogP contribution is -2.25. The molecule has 2 heterocycles. The Labute approximate surface area is 114 Å². The average Bonchev–Trinajstić information content (AvgIpc) is 2.70. The second-order valence-electron chi connectivity index (χ2n) is 4.21. The van der Waals surface area contributed by atoms with Gasteiger partial charge >= 0.3 is 5.97 Å². The summed E-state index contributed by atoms with van der Waals surface area (Å²) >= 11 is 1.39. The monoisotopic (exact) mass is 278 g/mol. The van der Waals surface area contributed by atoms with Crippen molar-refractivity contribution in [2.75, 3.05) is 0 Å². The molecular weight excluding hydrogens is 264 g/mol. The van der Waals surface area contributed by atoms with E-state index in [2.05, 4.69) is 4.98 Å². The van der Waals surface area contributed by atoms with E-state index in [1.165, 1.54) is 15.9 Å². The lowest BCUT2D eigenvalue weighted by molar-refractivity contribution is 0.0694. The van der Waals surface area contributed by atoms with Crippen LogP contribution in [-0.4, -0.2) is 20.6 Å². The second kappa shape index (κ2) is 4.97. The fourth-order valence-corrected chi connectivity index (χ4v) is 2.86. The Morgan fingerprint density at radius 1 is 1.47 bits per heavy atom. The number of pyridine rings is 1. The van der Waals surface area contributed by atoms with Crippen LogP contribution in [0.4, 0.5) is 0 Å². The lowest BCUT2D eigenvalue weighted by Gasteiger charge is -2.04. The minimum atomic E-state index is -1.21. The van der Waals surface area contributed by atoms with Gasteiger partial charge in [-0.15, -0.1) is 11.3 Å². The van der Waals surface area contributed by atoms with Crippen LogP contribution in [-0.2, 0) is 6.42 Å². The molecule has 2 aromatic heterocycles. The summed E-state index contributed by atoms with van der Waals surface area (Å²) in [6, 6.07) is 1.62. The zero-order valence-electron chi connectivity index (χ0n) is 10.9. The molecule has 0 saturated heterocycles. The van der Waals surface area contributed by atoms with Crippen LogP contribution < -0.4 is 5.56 Å². The molecule has 0 unspecified atom stereocenters. The molecule has 0 aliphatic heterocycles. The molecule has 0 bridgehead atoms. The highest BCUT2D eigenvalue weighted by Crippen LogP contribution is 2.20. The minimum Gasteiger partial charge on any atom is -0.477 e. The standard InChI is InChI=1S/C13H14N2O3S/c1-4-9-8(3)19-13(14-9)15-6-5-7(2)10(11(15)16)12(17)18/h5-6H,4H2,1-3H3,(H,17,18). The number of aryl methyl sites for hydroxylation is 3. The van der Waals surface area contributed by atoms with Crippen molar-refractivity contribution in [2.45, 2.75) is 27.2 Å². The maximum atomic E-state index is 12.2. The Kier molecular flexibility index (Phi) is 3.53. The first-order valence-corrected chi connectivity index (χ1v) is 6.69. The molecule has 1 N–H and O–H groups in total. The average molecular weight is 278 g/mol. The summed E-state index contributed by atoms with van der Waals surface area (Å²) in [4.78, 5) is 28.7. The zero-order valence-corrected chi connectivity index (χ0v) is 11.7. The van der Waals surface area contributed by atoms with Crippen molar-refractivity contribution in [3.63, 3.8) is 0 Å². The predicted molar refractivity (Wildman–Crippen MR) is 73.5 cm³/mol. The third-order valence-corrected chi connectivity index (χ3v) is 3.95. The summed E-state index contributed by atoms with van der Waals surface area (Å²) in [5, 5.41) is 9.61. The van der Waals surface area contributed by atoms with Gasteiger partial charge in [0.05, 0.1) is 5.69 Å². The van der Waals surface area contributed by atoms with Crippen molar-refractivity contribution in [3.8, 4) is 5.13 Å².